The van der Waals surface area contributed by atoms with Gasteiger partial charge in [0.1, 0.15) is 0 Å². The highest BCUT2D eigenvalue weighted by Gasteiger charge is 2.17. The minimum absolute atomic E-state index is 0.0431. The third kappa shape index (κ3) is 5.11. The van der Waals surface area contributed by atoms with E-state index in [1.54, 1.807) is 30.3 Å². The molecule has 0 aromatic heterocycles. The molecule has 0 aliphatic carbocycles. The Kier molecular flexibility index (Phi) is 7.29. The van der Waals surface area contributed by atoms with Gasteiger partial charge in [-0.25, -0.2) is 13.2 Å². The fraction of sp³-hybridized carbons (Fsp3) is 0.421. The number of anilines is 1. The summed E-state index contributed by atoms with van der Waals surface area (Å²) in [5, 5.41) is 4.07. The average molecular weight is 397 g/mol. The van der Waals surface area contributed by atoms with Crippen LogP contribution in [-0.4, -0.2) is 32.4 Å². The fourth-order valence-corrected chi connectivity index (χ4v) is 3.90. The standard InChI is InChI=1S/C19H25ClN2O3S/c1-3-5-13-22(14-6-4-2)19(23)21-17-11-7-10-16-15(17)9-8-12-18(16)26(20,24)25/h7-12H,3-6,13-14H2,1-2H3,(H,21,23). The van der Waals surface area contributed by atoms with Crippen LogP contribution in [-0.2, 0) is 9.05 Å². The molecule has 0 radical (unpaired) electrons. The van der Waals surface area contributed by atoms with Gasteiger partial charge in [-0.2, -0.15) is 0 Å². The second-order valence-electron chi connectivity index (χ2n) is 6.22. The van der Waals surface area contributed by atoms with Crippen LogP contribution in [0.2, 0.25) is 0 Å². The van der Waals surface area contributed by atoms with E-state index in [2.05, 4.69) is 19.2 Å². The minimum Gasteiger partial charge on any atom is -0.325 e. The van der Waals surface area contributed by atoms with E-state index < -0.39 is 9.05 Å². The molecule has 2 rings (SSSR count). The molecular formula is C19H25ClN2O3S. The van der Waals surface area contributed by atoms with Crippen LogP contribution in [0.25, 0.3) is 10.8 Å². The molecule has 0 saturated heterocycles. The number of rotatable bonds is 8. The zero-order valence-corrected chi connectivity index (χ0v) is 16.7. The monoisotopic (exact) mass is 396 g/mol. The minimum atomic E-state index is -3.87. The van der Waals surface area contributed by atoms with Gasteiger partial charge in [-0.15, -0.1) is 0 Å². The van der Waals surface area contributed by atoms with E-state index in [4.69, 9.17) is 10.7 Å². The van der Waals surface area contributed by atoms with Crippen LogP contribution in [0.5, 0.6) is 0 Å². The third-order valence-electron chi connectivity index (χ3n) is 4.24. The number of halogens is 1. The van der Waals surface area contributed by atoms with Gasteiger partial charge in [0.25, 0.3) is 9.05 Å². The molecule has 2 aromatic rings. The van der Waals surface area contributed by atoms with Gasteiger partial charge in [-0.1, -0.05) is 51.0 Å². The van der Waals surface area contributed by atoms with Gasteiger partial charge in [0, 0.05) is 34.5 Å². The Bertz CT molecular complexity index is 860. The molecule has 0 heterocycles. The summed E-state index contributed by atoms with van der Waals surface area (Å²) in [7, 11) is 1.67. The highest BCUT2D eigenvalue weighted by atomic mass is 35.7. The second-order valence-corrected chi connectivity index (χ2v) is 8.75. The summed E-state index contributed by atoms with van der Waals surface area (Å²) in [6.07, 6.45) is 3.92. The van der Waals surface area contributed by atoms with E-state index in [0.29, 0.717) is 29.5 Å². The highest BCUT2D eigenvalue weighted by molar-refractivity contribution is 8.14. The van der Waals surface area contributed by atoms with Gasteiger partial charge >= 0.3 is 6.03 Å². The van der Waals surface area contributed by atoms with Crippen molar-refractivity contribution >= 4 is 42.2 Å². The van der Waals surface area contributed by atoms with Crippen molar-refractivity contribution in [2.24, 2.45) is 0 Å². The van der Waals surface area contributed by atoms with E-state index >= 15 is 0 Å². The van der Waals surface area contributed by atoms with E-state index in [9.17, 15) is 13.2 Å². The van der Waals surface area contributed by atoms with Crippen LogP contribution >= 0.6 is 10.7 Å². The summed E-state index contributed by atoms with van der Waals surface area (Å²) in [6, 6.07) is 9.86. The fourth-order valence-electron chi connectivity index (χ4n) is 2.81. The SMILES string of the molecule is CCCCN(CCCC)C(=O)Nc1cccc2c(S(=O)(=O)Cl)cccc12. The molecule has 0 saturated carbocycles. The van der Waals surface area contributed by atoms with Gasteiger partial charge in [0.05, 0.1) is 10.6 Å². The maximum atomic E-state index is 12.7. The molecule has 0 spiro atoms. The number of nitrogens with zero attached hydrogens (tertiary/aromatic N) is 1. The lowest BCUT2D eigenvalue weighted by Crippen LogP contribution is -2.36. The number of amides is 2. The van der Waals surface area contributed by atoms with E-state index in [0.717, 1.165) is 25.7 Å². The first-order valence-electron chi connectivity index (χ1n) is 8.90. The molecule has 7 heteroatoms. The largest absolute Gasteiger partial charge is 0.325 e. The maximum absolute atomic E-state index is 12.7. The second kappa shape index (κ2) is 9.24. The molecule has 0 bridgehead atoms. The molecule has 2 amide bonds. The number of benzene rings is 2. The first kappa shape index (κ1) is 20.5. The van der Waals surface area contributed by atoms with Crippen molar-refractivity contribution in [3.63, 3.8) is 0 Å². The van der Waals surface area contributed by atoms with Gasteiger partial charge < -0.3 is 10.2 Å². The molecule has 0 unspecified atom stereocenters. The van der Waals surface area contributed by atoms with Gasteiger partial charge in [0.2, 0.25) is 0 Å². The number of hydrogen-bond donors (Lipinski definition) is 1. The van der Waals surface area contributed by atoms with Crippen LogP contribution in [0.4, 0.5) is 10.5 Å². The van der Waals surface area contributed by atoms with Crippen molar-refractivity contribution in [3.8, 4) is 0 Å². The average Bonchev–Trinajstić information content (AvgIpc) is 2.60. The zero-order valence-electron chi connectivity index (χ0n) is 15.2. The Labute approximate surface area is 159 Å². The first-order valence-corrected chi connectivity index (χ1v) is 11.2. The van der Waals surface area contributed by atoms with Crippen molar-refractivity contribution < 1.29 is 13.2 Å². The van der Waals surface area contributed by atoms with Crippen LogP contribution in [0.15, 0.2) is 41.3 Å². The lowest BCUT2D eigenvalue weighted by Gasteiger charge is -2.23. The summed E-state index contributed by atoms with van der Waals surface area (Å²) in [5.41, 5.74) is 0.577. The van der Waals surface area contributed by atoms with Crippen LogP contribution in [0.1, 0.15) is 39.5 Å². The first-order chi connectivity index (χ1) is 12.4. The molecule has 26 heavy (non-hydrogen) atoms. The summed E-state index contributed by atoms with van der Waals surface area (Å²) < 4.78 is 23.6. The van der Waals surface area contributed by atoms with Crippen LogP contribution < -0.4 is 5.32 Å². The number of carbonyl (C=O) groups excluding carboxylic acids is 1. The summed E-state index contributed by atoms with van der Waals surface area (Å²) in [5.74, 6) is 0. The van der Waals surface area contributed by atoms with Crippen LogP contribution in [0.3, 0.4) is 0 Å². The molecule has 0 aliphatic rings. The summed E-state index contributed by atoms with van der Waals surface area (Å²) in [6.45, 7) is 5.59. The number of hydrogen-bond acceptors (Lipinski definition) is 3. The molecule has 5 nitrogen and oxygen atoms in total. The van der Waals surface area contributed by atoms with Gasteiger partial charge in [-0.3, -0.25) is 0 Å². The molecule has 1 N–H and O–H groups in total. The lowest BCUT2D eigenvalue weighted by atomic mass is 10.1. The van der Waals surface area contributed by atoms with E-state index in [1.807, 2.05) is 4.90 Å². The molecular weight excluding hydrogens is 372 g/mol. The number of urea groups is 1. The van der Waals surface area contributed by atoms with Crippen LogP contribution in [0, 0.1) is 0 Å². The highest BCUT2D eigenvalue weighted by Crippen LogP contribution is 2.30. The molecule has 0 atom stereocenters. The summed E-state index contributed by atoms with van der Waals surface area (Å²) in [4.78, 5) is 14.6. The Balaban J connectivity index is 2.33. The lowest BCUT2D eigenvalue weighted by molar-refractivity contribution is 0.210. The summed E-state index contributed by atoms with van der Waals surface area (Å²) >= 11 is 0. The zero-order chi connectivity index (χ0) is 19.2. The predicted molar refractivity (Wildman–Crippen MR) is 107 cm³/mol. The molecule has 2 aromatic carbocycles. The van der Waals surface area contributed by atoms with Crippen molar-refractivity contribution in [1.82, 2.24) is 4.90 Å². The maximum Gasteiger partial charge on any atom is 0.321 e. The quantitative estimate of drug-likeness (QED) is 0.623. The smallest absolute Gasteiger partial charge is 0.321 e. The topological polar surface area (TPSA) is 66.5 Å². The molecule has 0 aliphatic heterocycles. The van der Waals surface area contributed by atoms with Crippen molar-refractivity contribution in [2.45, 2.75) is 44.4 Å². The van der Waals surface area contributed by atoms with E-state index in [-0.39, 0.29) is 10.9 Å². The van der Waals surface area contributed by atoms with Gasteiger partial charge in [-0.05, 0) is 25.0 Å². The van der Waals surface area contributed by atoms with E-state index in [1.165, 1.54) is 6.07 Å². The third-order valence-corrected chi connectivity index (χ3v) is 5.62. The Morgan fingerprint density at radius 3 is 2.15 bits per heavy atom. The van der Waals surface area contributed by atoms with Crippen molar-refractivity contribution in [1.29, 1.82) is 0 Å². The normalized spacial score (nSPS) is 11.5. The Morgan fingerprint density at radius 2 is 1.58 bits per heavy atom. The Hall–Kier alpha value is -1.79. The molecule has 142 valence electrons. The number of nitrogens with one attached hydrogen (secondary N) is 1. The number of fused-ring (bicyclic) bond motifs is 1. The number of carbonyl (C=O) groups is 1. The van der Waals surface area contributed by atoms with Crippen molar-refractivity contribution in [3.05, 3.63) is 36.4 Å². The van der Waals surface area contributed by atoms with Crippen molar-refractivity contribution in [2.75, 3.05) is 18.4 Å². The number of unbranched alkanes of at least 4 members (excludes halogenated alkanes) is 2. The molecule has 0 fully saturated rings. The predicted octanol–water partition coefficient (Wildman–Crippen LogP) is 5.20. The van der Waals surface area contributed by atoms with Gasteiger partial charge in [0.15, 0.2) is 0 Å². The Morgan fingerprint density at radius 1 is 1.00 bits per heavy atom.